The molecule has 108 valence electrons. The number of hydrogen-bond acceptors (Lipinski definition) is 4. The Hall–Kier alpha value is -1.05. The van der Waals surface area contributed by atoms with Gasteiger partial charge in [0, 0.05) is 6.42 Å². The molecule has 8 heteroatoms. The molecule has 0 aliphatic heterocycles. The van der Waals surface area contributed by atoms with Crippen LogP contribution in [0.1, 0.15) is 38.5 Å². The molecule has 0 heterocycles. The van der Waals surface area contributed by atoms with Gasteiger partial charge in [0.2, 0.25) is 0 Å². The number of ketones is 1. The standard InChI is InChI=1S/C11H13F3O4S/c12-11(13,14)19(16,17)18-9-5-1-2-6-10(9)7-3-4-8(10)15/h5H,1-4,6-7H2/t10-/m1/s1. The Balaban J connectivity index is 2.33. The highest BCUT2D eigenvalue weighted by atomic mass is 32.2. The fraction of sp³-hybridized carbons (Fsp3) is 0.727. The van der Waals surface area contributed by atoms with E-state index in [4.69, 9.17) is 0 Å². The van der Waals surface area contributed by atoms with Crippen molar-refractivity contribution in [1.29, 1.82) is 0 Å². The summed E-state index contributed by atoms with van der Waals surface area (Å²) in [6, 6.07) is 0. The number of Topliss-reactive ketones (excluding diaryl/α,β-unsaturated/α-hetero) is 1. The Morgan fingerprint density at radius 3 is 2.37 bits per heavy atom. The number of hydrogen-bond donors (Lipinski definition) is 0. The van der Waals surface area contributed by atoms with E-state index in [1.807, 2.05) is 0 Å². The summed E-state index contributed by atoms with van der Waals surface area (Å²) in [6.07, 6.45) is 3.87. The molecule has 1 spiro atoms. The van der Waals surface area contributed by atoms with Crippen molar-refractivity contribution >= 4 is 15.9 Å². The first-order valence-electron chi connectivity index (χ1n) is 5.94. The lowest BCUT2D eigenvalue weighted by Crippen LogP contribution is -2.35. The maximum atomic E-state index is 12.3. The minimum Gasteiger partial charge on any atom is -0.380 e. The third-order valence-electron chi connectivity index (χ3n) is 3.63. The van der Waals surface area contributed by atoms with Gasteiger partial charge in [-0.3, -0.25) is 4.79 Å². The first-order valence-corrected chi connectivity index (χ1v) is 7.35. The van der Waals surface area contributed by atoms with Crippen molar-refractivity contribution in [3.05, 3.63) is 11.8 Å². The summed E-state index contributed by atoms with van der Waals surface area (Å²) in [7, 11) is -5.70. The molecule has 2 aliphatic rings. The minimum atomic E-state index is -5.70. The van der Waals surface area contributed by atoms with Gasteiger partial charge in [-0.1, -0.05) is 0 Å². The van der Waals surface area contributed by atoms with E-state index in [0.717, 1.165) is 0 Å². The van der Waals surface area contributed by atoms with Crippen LogP contribution in [-0.4, -0.2) is 19.7 Å². The van der Waals surface area contributed by atoms with Gasteiger partial charge in [0.15, 0.2) is 0 Å². The number of allylic oxidation sites excluding steroid dienone is 2. The lowest BCUT2D eigenvalue weighted by atomic mass is 9.75. The van der Waals surface area contributed by atoms with Crippen LogP contribution in [-0.2, 0) is 19.1 Å². The van der Waals surface area contributed by atoms with Gasteiger partial charge in [0.05, 0.1) is 5.41 Å². The van der Waals surface area contributed by atoms with Crippen molar-refractivity contribution in [2.45, 2.75) is 44.0 Å². The van der Waals surface area contributed by atoms with Crippen LogP contribution < -0.4 is 0 Å². The third-order valence-corrected chi connectivity index (χ3v) is 4.60. The molecule has 0 radical (unpaired) electrons. The molecule has 0 bridgehead atoms. The van der Waals surface area contributed by atoms with E-state index in [1.54, 1.807) is 0 Å². The summed E-state index contributed by atoms with van der Waals surface area (Å²) in [4.78, 5) is 11.9. The van der Waals surface area contributed by atoms with E-state index in [0.29, 0.717) is 32.1 Å². The van der Waals surface area contributed by atoms with Crippen LogP contribution >= 0.6 is 0 Å². The number of carbonyl (C=O) groups is 1. The molecule has 2 rings (SSSR count). The lowest BCUT2D eigenvalue weighted by Gasteiger charge is -2.32. The van der Waals surface area contributed by atoms with Crippen LogP contribution in [0.25, 0.3) is 0 Å². The highest BCUT2D eigenvalue weighted by molar-refractivity contribution is 7.87. The predicted octanol–water partition coefficient (Wildman–Crippen LogP) is 2.66. The Bertz CT molecular complexity index is 521. The zero-order chi connectivity index (χ0) is 14.3. The van der Waals surface area contributed by atoms with Crippen LogP contribution in [0.5, 0.6) is 0 Å². The van der Waals surface area contributed by atoms with Gasteiger partial charge in [0.25, 0.3) is 0 Å². The maximum absolute atomic E-state index is 12.3. The topological polar surface area (TPSA) is 60.4 Å². The average Bonchev–Trinajstić information content (AvgIpc) is 2.63. The molecule has 0 amide bonds. The molecule has 0 unspecified atom stereocenters. The number of halogens is 3. The average molecular weight is 298 g/mol. The van der Waals surface area contributed by atoms with E-state index in [2.05, 4.69) is 4.18 Å². The molecule has 19 heavy (non-hydrogen) atoms. The highest BCUT2D eigenvalue weighted by Crippen LogP contribution is 2.49. The molecule has 0 aromatic rings. The zero-order valence-electron chi connectivity index (χ0n) is 10.00. The summed E-state index contributed by atoms with van der Waals surface area (Å²) >= 11 is 0. The first-order chi connectivity index (χ1) is 8.69. The largest absolute Gasteiger partial charge is 0.534 e. The maximum Gasteiger partial charge on any atom is 0.534 e. The molecule has 0 N–H and O–H groups in total. The van der Waals surface area contributed by atoms with Gasteiger partial charge >= 0.3 is 15.6 Å². The lowest BCUT2D eigenvalue weighted by molar-refractivity contribution is -0.126. The molecular weight excluding hydrogens is 285 g/mol. The number of rotatable bonds is 2. The Kier molecular flexibility index (Phi) is 3.40. The normalized spacial score (nSPS) is 28.6. The Morgan fingerprint density at radius 2 is 1.84 bits per heavy atom. The van der Waals surface area contributed by atoms with E-state index in [-0.39, 0.29) is 18.0 Å². The van der Waals surface area contributed by atoms with Gasteiger partial charge in [-0.2, -0.15) is 21.6 Å². The van der Waals surface area contributed by atoms with E-state index in [1.165, 1.54) is 6.08 Å². The van der Waals surface area contributed by atoms with Crippen LogP contribution in [0, 0.1) is 5.41 Å². The monoisotopic (exact) mass is 298 g/mol. The fourth-order valence-electron chi connectivity index (χ4n) is 2.69. The summed E-state index contributed by atoms with van der Waals surface area (Å²) in [5, 5.41) is 0. The van der Waals surface area contributed by atoms with Crippen molar-refractivity contribution in [1.82, 2.24) is 0 Å². The molecule has 0 aromatic carbocycles. The summed E-state index contributed by atoms with van der Waals surface area (Å²) in [6.45, 7) is 0. The van der Waals surface area contributed by atoms with Gasteiger partial charge < -0.3 is 4.18 Å². The van der Waals surface area contributed by atoms with Crippen LogP contribution in [0.3, 0.4) is 0 Å². The zero-order valence-corrected chi connectivity index (χ0v) is 10.8. The Labute approximate surface area is 108 Å². The SMILES string of the molecule is O=C1CCC[C@]12CCCC=C2OS(=O)(=O)C(F)(F)F. The number of carbonyl (C=O) groups excluding carboxylic acids is 1. The predicted molar refractivity (Wildman–Crippen MR) is 59.3 cm³/mol. The molecule has 1 fully saturated rings. The smallest absolute Gasteiger partial charge is 0.380 e. The molecule has 0 aromatic heterocycles. The van der Waals surface area contributed by atoms with Crippen molar-refractivity contribution < 1.29 is 30.6 Å². The van der Waals surface area contributed by atoms with Crippen molar-refractivity contribution in [3.8, 4) is 0 Å². The van der Waals surface area contributed by atoms with Crippen LogP contribution in [0.2, 0.25) is 0 Å². The molecule has 1 saturated carbocycles. The summed E-state index contributed by atoms with van der Waals surface area (Å²) in [5.74, 6) is -0.561. The van der Waals surface area contributed by atoms with E-state index in [9.17, 15) is 26.4 Å². The highest BCUT2D eigenvalue weighted by Gasteiger charge is 2.54. The second kappa shape index (κ2) is 4.50. The van der Waals surface area contributed by atoms with Gasteiger partial charge in [-0.05, 0) is 38.2 Å². The van der Waals surface area contributed by atoms with Crippen LogP contribution in [0.4, 0.5) is 13.2 Å². The minimum absolute atomic E-state index is 0.226. The molecule has 4 nitrogen and oxygen atoms in total. The second-order valence-electron chi connectivity index (χ2n) is 4.80. The molecule has 2 aliphatic carbocycles. The van der Waals surface area contributed by atoms with Crippen molar-refractivity contribution in [3.63, 3.8) is 0 Å². The van der Waals surface area contributed by atoms with Gasteiger partial charge in [-0.25, -0.2) is 0 Å². The quantitative estimate of drug-likeness (QED) is 0.581. The van der Waals surface area contributed by atoms with E-state index >= 15 is 0 Å². The molecule has 1 atom stereocenters. The van der Waals surface area contributed by atoms with Gasteiger partial charge in [0.1, 0.15) is 11.5 Å². The van der Waals surface area contributed by atoms with Gasteiger partial charge in [-0.15, -0.1) is 0 Å². The van der Waals surface area contributed by atoms with Crippen molar-refractivity contribution in [2.75, 3.05) is 0 Å². The number of alkyl halides is 3. The van der Waals surface area contributed by atoms with E-state index < -0.39 is 21.0 Å². The second-order valence-corrected chi connectivity index (χ2v) is 6.34. The summed E-state index contributed by atoms with van der Waals surface area (Å²) < 4.78 is 63.4. The molecule has 0 saturated heterocycles. The Morgan fingerprint density at radius 1 is 1.21 bits per heavy atom. The van der Waals surface area contributed by atoms with Crippen LogP contribution in [0.15, 0.2) is 11.8 Å². The summed E-state index contributed by atoms with van der Waals surface area (Å²) in [5.41, 5.74) is -6.63. The first kappa shape index (κ1) is 14.4. The fourth-order valence-corrected chi connectivity index (χ4v) is 3.25. The van der Waals surface area contributed by atoms with Crippen molar-refractivity contribution in [2.24, 2.45) is 5.41 Å². The third kappa shape index (κ3) is 2.37. The molecular formula is C11H13F3O4S.